The van der Waals surface area contributed by atoms with Crippen molar-refractivity contribution in [1.82, 2.24) is 0 Å². The first-order chi connectivity index (χ1) is 10.8. The first-order valence-corrected chi connectivity index (χ1v) is 11.6. The van der Waals surface area contributed by atoms with E-state index >= 15 is 0 Å². The molecule has 0 amide bonds. The molecule has 23 heavy (non-hydrogen) atoms. The SMILES string of the molecule is O=C1C2CC(C3CCCC23)C1S(=O)(=O)[N-]S(=O)(=O)C1CCCC1. The van der Waals surface area contributed by atoms with Gasteiger partial charge in [-0.25, -0.2) is 16.8 Å². The second-order valence-electron chi connectivity index (χ2n) is 7.60. The van der Waals surface area contributed by atoms with Crippen molar-refractivity contribution in [2.24, 2.45) is 23.7 Å². The third-order valence-corrected chi connectivity index (χ3v) is 10.7. The average Bonchev–Trinajstić information content (AvgIpc) is 3.19. The molecule has 0 radical (unpaired) electrons. The van der Waals surface area contributed by atoms with E-state index in [1.54, 1.807) is 0 Å². The lowest BCUT2D eigenvalue weighted by Crippen LogP contribution is -2.42. The Balaban J connectivity index is 1.58. The third kappa shape index (κ3) is 2.40. The number of fused-ring (bicyclic) bond motifs is 5. The summed E-state index contributed by atoms with van der Waals surface area (Å²) in [5.41, 5.74) is 0. The highest BCUT2D eigenvalue weighted by Gasteiger charge is 2.61. The van der Waals surface area contributed by atoms with Crippen molar-refractivity contribution in [3.05, 3.63) is 4.13 Å². The van der Waals surface area contributed by atoms with Gasteiger partial charge < -0.3 is 4.13 Å². The zero-order chi connectivity index (χ0) is 16.4. The summed E-state index contributed by atoms with van der Waals surface area (Å²) in [4.78, 5) is 12.5. The summed E-state index contributed by atoms with van der Waals surface area (Å²) in [6, 6.07) is 0. The fourth-order valence-electron chi connectivity index (χ4n) is 5.59. The van der Waals surface area contributed by atoms with Crippen molar-refractivity contribution in [3.8, 4) is 0 Å². The second kappa shape index (κ2) is 5.26. The molecule has 0 aromatic rings. The summed E-state index contributed by atoms with van der Waals surface area (Å²) in [7, 11) is -8.32. The van der Waals surface area contributed by atoms with Crippen molar-refractivity contribution in [2.45, 2.75) is 61.9 Å². The van der Waals surface area contributed by atoms with Gasteiger partial charge in [-0.05, 0) is 49.9 Å². The smallest absolute Gasteiger partial charge is 0.152 e. The maximum Gasteiger partial charge on any atom is 0.152 e. The molecule has 6 nitrogen and oxygen atoms in total. The molecule has 4 saturated carbocycles. The number of hydrogen-bond donors (Lipinski definition) is 0. The van der Waals surface area contributed by atoms with E-state index < -0.39 is 30.5 Å². The van der Waals surface area contributed by atoms with Crippen molar-refractivity contribution in [3.63, 3.8) is 0 Å². The summed E-state index contributed by atoms with van der Waals surface area (Å²) in [6.07, 6.45) is 6.12. The summed E-state index contributed by atoms with van der Waals surface area (Å²) < 4.78 is 53.1. The molecule has 0 spiro atoms. The molecule has 4 rings (SSSR count). The van der Waals surface area contributed by atoms with E-state index in [9.17, 15) is 21.6 Å². The molecule has 0 aromatic heterocycles. The van der Waals surface area contributed by atoms with E-state index in [-0.39, 0.29) is 23.5 Å². The lowest BCUT2D eigenvalue weighted by atomic mass is 9.81. The fourth-order valence-corrected chi connectivity index (χ4v) is 9.76. The topological polar surface area (TPSA) is 99.4 Å². The lowest BCUT2D eigenvalue weighted by Gasteiger charge is -2.35. The van der Waals surface area contributed by atoms with Crippen LogP contribution in [-0.4, -0.2) is 33.1 Å². The van der Waals surface area contributed by atoms with Gasteiger partial charge in [0.1, 0.15) is 5.25 Å². The Kier molecular flexibility index (Phi) is 3.67. The molecule has 4 fully saturated rings. The maximum absolute atomic E-state index is 12.6. The van der Waals surface area contributed by atoms with Crippen LogP contribution in [0.5, 0.6) is 0 Å². The molecule has 4 aliphatic rings. The largest absolute Gasteiger partial charge is 0.435 e. The average molecular weight is 360 g/mol. The Morgan fingerprint density at radius 3 is 2.13 bits per heavy atom. The van der Waals surface area contributed by atoms with Gasteiger partial charge in [0.25, 0.3) is 0 Å². The Hall–Kier alpha value is -0.470. The van der Waals surface area contributed by atoms with Crippen molar-refractivity contribution < 1.29 is 21.6 Å². The standard InChI is InChI=1S/C15H22NO5S2/c17-14-12-8-13(11-7-3-6-10(11)12)15(14)23(20,21)16-22(18,19)9-4-1-2-5-9/h9-13,15H,1-8H2/q-1. The molecule has 0 N–H and O–H groups in total. The van der Waals surface area contributed by atoms with E-state index in [1.165, 1.54) is 0 Å². The quantitative estimate of drug-likeness (QED) is 0.763. The molecule has 5 atom stereocenters. The van der Waals surface area contributed by atoms with Crippen LogP contribution in [-0.2, 0) is 24.8 Å². The molecule has 2 bridgehead atoms. The maximum atomic E-state index is 12.6. The molecule has 8 heteroatoms. The predicted octanol–water partition coefficient (Wildman–Crippen LogP) is 1.97. The van der Waals surface area contributed by atoms with E-state index in [4.69, 9.17) is 0 Å². The molecule has 0 aromatic carbocycles. The number of rotatable bonds is 4. The van der Waals surface area contributed by atoms with Gasteiger partial charge in [0.05, 0.1) is 20.0 Å². The summed E-state index contributed by atoms with van der Waals surface area (Å²) in [5, 5.41) is -1.90. The van der Waals surface area contributed by atoms with Crippen molar-refractivity contribution >= 4 is 25.8 Å². The van der Waals surface area contributed by atoms with Gasteiger partial charge in [-0.3, -0.25) is 4.79 Å². The predicted molar refractivity (Wildman–Crippen MR) is 84.7 cm³/mol. The first-order valence-electron chi connectivity index (χ1n) is 8.57. The number of carbonyl (C=O) groups is 1. The minimum Gasteiger partial charge on any atom is -0.435 e. The lowest BCUT2D eigenvalue weighted by molar-refractivity contribution is -0.123. The molecule has 0 saturated heterocycles. The van der Waals surface area contributed by atoms with Gasteiger partial charge in [-0.2, -0.15) is 0 Å². The minimum absolute atomic E-state index is 0.184. The van der Waals surface area contributed by atoms with Gasteiger partial charge in [-0.1, -0.05) is 19.3 Å². The highest BCUT2D eigenvalue weighted by Crippen LogP contribution is 2.59. The Morgan fingerprint density at radius 2 is 1.43 bits per heavy atom. The number of sulfonamides is 2. The first kappa shape index (κ1) is 16.0. The highest BCUT2D eigenvalue weighted by molar-refractivity contribution is 8.13. The summed E-state index contributed by atoms with van der Waals surface area (Å²) in [5.74, 6) is -0.0834. The van der Waals surface area contributed by atoms with Crippen LogP contribution in [0, 0.1) is 23.7 Å². The number of carbonyl (C=O) groups excluding carboxylic acids is 1. The van der Waals surface area contributed by atoms with Crippen LogP contribution in [0.2, 0.25) is 0 Å². The molecule has 130 valence electrons. The number of Topliss-reactive ketones (excluding diaryl/α,β-unsaturated/α-hetero) is 1. The monoisotopic (exact) mass is 360 g/mol. The van der Waals surface area contributed by atoms with Gasteiger partial charge in [-0.15, -0.1) is 0 Å². The fraction of sp³-hybridized carbons (Fsp3) is 0.933. The second-order valence-corrected chi connectivity index (χ2v) is 11.4. The van der Waals surface area contributed by atoms with Crippen LogP contribution in [0.4, 0.5) is 0 Å². The van der Waals surface area contributed by atoms with E-state index in [1.807, 2.05) is 0 Å². The van der Waals surface area contributed by atoms with E-state index in [0.29, 0.717) is 25.2 Å². The summed E-state index contributed by atoms with van der Waals surface area (Å²) in [6.45, 7) is 0. The molecular formula is C15H22NO5S2-. The molecule has 4 aliphatic carbocycles. The van der Waals surface area contributed by atoms with Crippen LogP contribution in [0.3, 0.4) is 0 Å². The Morgan fingerprint density at radius 1 is 0.783 bits per heavy atom. The van der Waals surface area contributed by atoms with Gasteiger partial charge >= 0.3 is 0 Å². The van der Waals surface area contributed by atoms with Crippen LogP contribution in [0.1, 0.15) is 51.4 Å². The Bertz CT molecular complexity index is 723. The van der Waals surface area contributed by atoms with Gasteiger partial charge in [0.2, 0.25) is 0 Å². The number of hydrogen-bond acceptors (Lipinski definition) is 5. The summed E-state index contributed by atoms with van der Waals surface area (Å²) >= 11 is 0. The van der Waals surface area contributed by atoms with Crippen molar-refractivity contribution in [1.29, 1.82) is 0 Å². The van der Waals surface area contributed by atoms with Crippen LogP contribution in [0.25, 0.3) is 4.13 Å². The highest BCUT2D eigenvalue weighted by atomic mass is 32.3. The number of nitrogens with zero attached hydrogens (tertiary/aromatic N) is 1. The number of ketones is 1. The minimum atomic E-state index is -4.29. The molecular weight excluding hydrogens is 338 g/mol. The van der Waals surface area contributed by atoms with Gasteiger partial charge in [0.15, 0.2) is 5.78 Å². The Labute approximate surface area is 137 Å². The van der Waals surface area contributed by atoms with Gasteiger partial charge in [0, 0.05) is 11.2 Å². The van der Waals surface area contributed by atoms with E-state index in [0.717, 1.165) is 32.1 Å². The normalized spacial score (nSPS) is 40.9. The van der Waals surface area contributed by atoms with E-state index in [2.05, 4.69) is 4.13 Å². The van der Waals surface area contributed by atoms with Crippen molar-refractivity contribution in [2.75, 3.05) is 0 Å². The van der Waals surface area contributed by atoms with Crippen LogP contribution < -0.4 is 0 Å². The third-order valence-electron chi connectivity index (χ3n) is 6.50. The zero-order valence-electron chi connectivity index (χ0n) is 12.9. The zero-order valence-corrected chi connectivity index (χ0v) is 14.6. The van der Waals surface area contributed by atoms with Crippen LogP contribution >= 0.6 is 0 Å². The molecule has 0 aliphatic heterocycles. The van der Waals surface area contributed by atoms with Crippen LogP contribution in [0.15, 0.2) is 0 Å². The molecule has 5 unspecified atom stereocenters. The molecule has 0 heterocycles.